The van der Waals surface area contributed by atoms with E-state index in [9.17, 15) is 4.79 Å². The Hall–Kier alpha value is -1.52. The Kier molecular flexibility index (Phi) is 3.57. The second-order valence-electron chi connectivity index (χ2n) is 4.82. The zero-order valence-corrected chi connectivity index (χ0v) is 10.3. The molecule has 0 saturated carbocycles. The predicted octanol–water partition coefficient (Wildman–Crippen LogP) is 1.74. The van der Waals surface area contributed by atoms with Crippen molar-refractivity contribution in [2.75, 3.05) is 5.73 Å². The fourth-order valence-electron chi connectivity index (χ4n) is 1.39. The number of nitrogen functional groups attached to an aromatic ring is 1. The van der Waals surface area contributed by atoms with Crippen LogP contribution < -0.4 is 11.1 Å². The number of rotatable bonds is 3. The number of carbonyl (C=O) groups is 1. The third-order valence-electron chi connectivity index (χ3n) is 1.99. The number of nitrogens with two attached hydrogens (primary N) is 1. The molecule has 0 atom stereocenters. The Labute approximate surface area is 95.4 Å². The van der Waals surface area contributed by atoms with Crippen LogP contribution in [0.1, 0.15) is 50.2 Å². The number of hydrogen-bond acceptors (Lipinski definition) is 4. The summed E-state index contributed by atoms with van der Waals surface area (Å²) in [7, 11) is 0. The molecule has 0 bridgehead atoms. The van der Waals surface area contributed by atoms with Crippen LogP contribution in [0.3, 0.4) is 0 Å². The van der Waals surface area contributed by atoms with Gasteiger partial charge >= 0.3 is 0 Å². The molecule has 1 aromatic heterocycles. The third kappa shape index (κ3) is 2.98. The molecule has 0 unspecified atom stereocenters. The average molecular weight is 225 g/mol. The summed E-state index contributed by atoms with van der Waals surface area (Å²) in [5, 5.41) is 6.64. The van der Waals surface area contributed by atoms with Gasteiger partial charge in [0.15, 0.2) is 0 Å². The number of aryl methyl sites for hydroxylation is 1. The van der Waals surface area contributed by atoms with Crippen molar-refractivity contribution in [2.24, 2.45) is 0 Å². The topological polar surface area (TPSA) is 81.2 Å². The van der Waals surface area contributed by atoms with Crippen LogP contribution in [-0.2, 0) is 6.42 Å². The van der Waals surface area contributed by atoms with Crippen molar-refractivity contribution in [3.63, 3.8) is 0 Å². The lowest BCUT2D eigenvalue weighted by Crippen LogP contribution is -2.41. The van der Waals surface area contributed by atoms with Gasteiger partial charge in [0.05, 0.1) is 5.69 Å². The first-order chi connectivity index (χ1) is 7.35. The molecule has 1 heterocycles. The van der Waals surface area contributed by atoms with Crippen molar-refractivity contribution in [3.05, 3.63) is 11.3 Å². The van der Waals surface area contributed by atoms with Gasteiger partial charge in [-0.05, 0) is 27.2 Å². The maximum absolute atomic E-state index is 11.9. The molecule has 5 nitrogen and oxygen atoms in total. The first kappa shape index (κ1) is 12.5. The van der Waals surface area contributed by atoms with Crippen molar-refractivity contribution in [3.8, 4) is 0 Å². The first-order valence-electron chi connectivity index (χ1n) is 5.41. The Morgan fingerprint density at radius 3 is 2.62 bits per heavy atom. The van der Waals surface area contributed by atoms with E-state index in [4.69, 9.17) is 10.3 Å². The molecule has 0 aromatic carbocycles. The van der Waals surface area contributed by atoms with Gasteiger partial charge in [0.2, 0.25) is 5.88 Å². The van der Waals surface area contributed by atoms with Crippen LogP contribution in [0.4, 0.5) is 5.88 Å². The van der Waals surface area contributed by atoms with Gasteiger partial charge in [-0.2, -0.15) is 0 Å². The molecule has 5 heteroatoms. The summed E-state index contributed by atoms with van der Waals surface area (Å²) in [6.07, 6.45) is 1.58. The van der Waals surface area contributed by atoms with E-state index in [1.807, 2.05) is 27.7 Å². The minimum absolute atomic E-state index is 0.0881. The SMILES string of the molecule is CCCc1noc(N)c1C(=O)NC(C)(C)C. The summed E-state index contributed by atoms with van der Waals surface area (Å²) in [5.41, 5.74) is 6.30. The van der Waals surface area contributed by atoms with E-state index in [-0.39, 0.29) is 17.3 Å². The van der Waals surface area contributed by atoms with Gasteiger partial charge in [-0.25, -0.2) is 0 Å². The van der Waals surface area contributed by atoms with Crippen LogP contribution in [-0.4, -0.2) is 16.6 Å². The Balaban J connectivity index is 2.93. The van der Waals surface area contributed by atoms with Crippen molar-refractivity contribution in [1.29, 1.82) is 0 Å². The van der Waals surface area contributed by atoms with Gasteiger partial charge in [-0.1, -0.05) is 18.5 Å². The molecule has 90 valence electrons. The van der Waals surface area contributed by atoms with Gasteiger partial charge in [-0.15, -0.1) is 0 Å². The van der Waals surface area contributed by atoms with Crippen molar-refractivity contribution < 1.29 is 9.32 Å². The molecule has 0 radical (unpaired) electrons. The van der Waals surface area contributed by atoms with Crippen molar-refractivity contribution in [2.45, 2.75) is 46.1 Å². The number of nitrogens with one attached hydrogen (secondary N) is 1. The molecular weight excluding hydrogens is 206 g/mol. The van der Waals surface area contributed by atoms with E-state index in [1.165, 1.54) is 0 Å². The van der Waals surface area contributed by atoms with Crippen LogP contribution >= 0.6 is 0 Å². The second kappa shape index (κ2) is 4.55. The molecule has 1 aromatic rings. The number of anilines is 1. The first-order valence-corrected chi connectivity index (χ1v) is 5.41. The van der Waals surface area contributed by atoms with Crippen molar-refractivity contribution in [1.82, 2.24) is 10.5 Å². The van der Waals surface area contributed by atoms with E-state index in [2.05, 4.69) is 10.5 Å². The zero-order chi connectivity index (χ0) is 12.3. The predicted molar refractivity (Wildman–Crippen MR) is 62.1 cm³/mol. The van der Waals surface area contributed by atoms with Gasteiger partial charge in [-0.3, -0.25) is 4.79 Å². The fraction of sp³-hybridized carbons (Fsp3) is 0.636. The highest BCUT2D eigenvalue weighted by Crippen LogP contribution is 2.18. The van der Waals surface area contributed by atoms with Crippen LogP contribution in [0.2, 0.25) is 0 Å². The standard InChI is InChI=1S/C11H19N3O2/c1-5-6-7-8(9(12)16-14-7)10(15)13-11(2,3)4/h5-6,12H2,1-4H3,(H,13,15). The summed E-state index contributed by atoms with van der Waals surface area (Å²) in [5.74, 6) is -0.139. The normalized spacial score (nSPS) is 11.5. The minimum atomic E-state index is -0.301. The van der Waals surface area contributed by atoms with E-state index in [1.54, 1.807) is 0 Å². The molecule has 1 amide bonds. The molecule has 0 spiro atoms. The highest BCUT2D eigenvalue weighted by molar-refractivity contribution is 5.99. The second-order valence-corrected chi connectivity index (χ2v) is 4.82. The Bertz CT molecular complexity index is 377. The zero-order valence-electron chi connectivity index (χ0n) is 10.3. The fourth-order valence-corrected chi connectivity index (χ4v) is 1.39. The number of amides is 1. The molecule has 0 fully saturated rings. The molecule has 0 aliphatic carbocycles. The largest absolute Gasteiger partial charge is 0.367 e. The molecule has 3 N–H and O–H groups in total. The summed E-state index contributed by atoms with van der Waals surface area (Å²) in [6, 6.07) is 0. The van der Waals surface area contributed by atoms with Crippen LogP contribution in [0.5, 0.6) is 0 Å². The number of nitrogens with zero attached hydrogens (tertiary/aromatic N) is 1. The summed E-state index contributed by atoms with van der Waals surface area (Å²) in [4.78, 5) is 11.9. The number of carbonyl (C=O) groups excluding carboxylic acids is 1. The van der Waals surface area contributed by atoms with Gasteiger partial charge in [0.25, 0.3) is 5.91 Å². The number of hydrogen-bond donors (Lipinski definition) is 2. The van der Waals surface area contributed by atoms with E-state index >= 15 is 0 Å². The average Bonchev–Trinajstić information content (AvgIpc) is 2.44. The van der Waals surface area contributed by atoms with Crippen LogP contribution in [0, 0.1) is 0 Å². The van der Waals surface area contributed by atoms with E-state index < -0.39 is 0 Å². The minimum Gasteiger partial charge on any atom is -0.367 e. The molecule has 16 heavy (non-hydrogen) atoms. The quantitative estimate of drug-likeness (QED) is 0.821. The maximum Gasteiger partial charge on any atom is 0.259 e. The molecule has 0 aliphatic rings. The van der Waals surface area contributed by atoms with Gasteiger partial charge in [0.1, 0.15) is 5.56 Å². The lowest BCUT2D eigenvalue weighted by Gasteiger charge is -2.20. The highest BCUT2D eigenvalue weighted by atomic mass is 16.5. The molecule has 0 aliphatic heterocycles. The van der Waals surface area contributed by atoms with E-state index in [0.717, 1.165) is 6.42 Å². The monoisotopic (exact) mass is 225 g/mol. The maximum atomic E-state index is 11.9. The molecule has 0 saturated heterocycles. The summed E-state index contributed by atoms with van der Waals surface area (Å²) >= 11 is 0. The molecular formula is C11H19N3O2. The summed E-state index contributed by atoms with van der Waals surface area (Å²) < 4.78 is 4.85. The van der Waals surface area contributed by atoms with Crippen molar-refractivity contribution >= 4 is 11.8 Å². The molecule has 1 rings (SSSR count). The smallest absolute Gasteiger partial charge is 0.259 e. The third-order valence-corrected chi connectivity index (χ3v) is 1.99. The summed E-state index contributed by atoms with van der Waals surface area (Å²) in [6.45, 7) is 7.74. The Morgan fingerprint density at radius 2 is 2.12 bits per heavy atom. The van der Waals surface area contributed by atoms with Gasteiger partial charge < -0.3 is 15.6 Å². The van der Waals surface area contributed by atoms with Crippen LogP contribution in [0.25, 0.3) is 0 Å². The highest BCUT2D eigenvalue weighted by Gasteiger charge is 2.23. The van der Waals surface area contributed by atoms with Gasteiger partial charge in [0, 0.05) is 5.54 Å². The van der Waals surface area contributed by atoms with Crippen LogP contribution in [0.15, 0.2) is 4.52 Å². The lowest BCUT2D eigenvalue weighted by atomic mass is 10.1. The lowest BCUT2D eigenvalue weighted by molar-refractivity contribution is 0.0919. The Morgan fingerprint density at radius 1 is 1.50 bits per heavy atom. The van der Waals surface area contributed by atoms with E-state index in [0.29, 0.717) is 17.7 Å². The number of aromatic nitrogens is 1.